The molecule has 3 rings (SSSR count). The van der Waals surface area contributed by atoms with E-state index in [0.29, 0.717) is 0 Å². The predicted molar refractivity (Wildman–Crippen MR) is 169 cm³/mol. The molecule has 1 N–H and O–H groups in total. The van der Waals surface area contributed by atoms with Crippen LogP contribution in [0.15, 0.2) is 48.5 Å². The van der Waals surface area contributed by atoms with E-state index in [-0.39, 0.29) is 40.9 Å². The number of carbonyl (C=O) groups is 3. The van der Waals surface area contributed by atoms with Crippen molar-refractivity contribution in [2.75, 3.05) is 6.61 Å². The van der Waals surface area contributed by atoms with Crippen LogP contribution in [-0.2, 0) is 41.4 Å². The Bertz CT molecular complexity index is 1480. The molecule has 1 amide bonds. The van der Waals surface area contributed by atoms with Crippen LogP contribution in [0.3, 0.4) is 0 Å². The third-order valence-electron chi connectivity index (χ3n) is 7.53. The van der Waals surface area contributed by atoms with Gasteiger partial charge < -0.3 is 28.6 Å². The summed E-state index contributed by atoms with van der Waals surface area (Å²) in [4.78, 5) is 61.0. The number of esters is 1. The van der Waals surface area contributed by atoms with E-state index in [4.69, 9.17) is 18.6 Å². The van der Waals surface area contributed by atoms with Gasteiger partial charge in [0, 0.05) is 18.7 Å². The molecule has 1 saturated heterocycles. The Morgan fingerprint density at radius 1 is 0.957 bits per heavy atom. The van der Waals surface area contributed by atoms with Crippen LogP contribution < -0.4 is 0 Å². The van der Waals surface area contributed by atoms with Crippen molar-refractivity contribution in [3.05, 3.63) is 79.9 Å². The SMILES string of the molecule is C[C@@H](OC(=O)OCc1ccccc1[N+](=O)[O-])C1C(=O)N(C(O)C(=O)OCc2ccccc2[N+](=O)[O-])C1CCO[Si](C)(C)CC(C)(C)C. The Kier molecular flexibility index (Phi) is 12.2. The number of carbonyl (C=O) groups excluding carboxylic acids is 3. The van der Waals surface area contributed by atoms with Crippen LogP contribution in [0.1, 0.15) is 45.2 Å². The fraction of sp³-hybridized carbons (Fsp3) is 0.516. The zero-order chi connectivity index (χ0) is 35.1. The molecule has 2 aromatic carbocycles. The van der Waals surface area contributed by atoms with Crippen molar-refractivity contribution < 1.29 is 48.0 Å². The lowest BCUT2D eigenvalue weighted by molar-refractivity contribution is -0.386. The molecule has 256 valence electrons. The molecule has 0 saturated carbocycles. The number of nitro benzene ring substituents is 2. The molecular formula is C31H41N3O12Si. The lowest BCUT2D eigenvalue weighted by atomic mass is 9.81. The number of aliphatic hydroxyl groups excluding tert-OH is 1. The number of β-lactam (4-membered cyclic amide) rings is 1. The van der Waals surface area contributed by atoms with E-state index in [1.165, 1.54) is 49.4 Å². The number of aliphatic hydroxyl groups is 1. The Morgan fingerprint density at radius 3 is 1.98 bits per heavy atom. The lowest BCUT2D eigenvalue weighted by Gasteiger charge is -2.50. The Labute approximate surface area is 273 Å². The first-order chi connectivity index (χ1) is 21.9. The highest BCUT2D eigenvalue weighted by Crippen LogP contribution is 2.36. The average Bonchev–Trinajstić information content (AvgIpc) is 2.97. The van der Waals surface area contributed by atoms with Gasteiger partial charge in [0.05, 0.1) is 32.9 Å². The minimum Gasteiger partial charge on any atom is -0.457 e. The van der Waals surface area contributed by atoms with Gasteiger partial charge in [-0.25, -0.2) is 9.59 Å². The number of rotatable bonds is 15. The van der Waals surface area contributed by atoms with Crippen molar-refractivity contribution in [3.63, 3.8) is 0 Å². The predicted octanol–water partition coefficient (Wildman–Crippen LogP) is 5.09. The van der Waals surface area contributed by atoms with Crippen molar-refractivity contribution in [1.29, 1.82) is 0 Å². The number of nitrogens with zero attached hydrogens (tertiary/aromatic N) is 3. The van der Waals surface area contributed by atoms with Crippen LogP contribution in [0.5, 0.6) is 0 Å². The molecule has 0 radical (unpaired) electrons. The van der Waals surface area contributed by atoms with Crippen molar-refractivity contribution in [3.8, 4) is 0 Å². The van der Waals surface area contributed by atoms with Crippen LogP contribution >= 0.6 is 0 Å². The van der Waals surface area contributed by atoms with Gasteiger partial charge in [-0.3, -0.25) is 25.0 Å². The average molecular weight is 676 g/mol. The second-order valence-electron chi connectivity index (χ2n) is 13.1. The van der Waals surface area contributed by atoms with Crippen molar-refractivity contribution in [1.82, 2.24) is 4.90 Å². The second kappa shape index (κ2) is 15.5. The van der Waals surface area contributed by atoms with Crippen molar-refractivity contribution in [2.45, 2.75) is 84.8 Å². The number of ether oxygens (including phenoxy) is 3. The maximum Gasteiger partial charge on any atom is 0.508 e. The first kappa shape index (κ1) is 37.0. The fourth-order valence-electron chi connectivity index (χ4n) is 5.86. The quantitative estimate of drug-likeness (QED) is 0.0864. The minimum atomic E-state index is -2.14. The summed E-state index contributed by atoms with van der Waals surface area (Å²) in [5, 5.41) is 33.5. The van der Waals surface area contributed by atoms with E-state index in [0.717, 1.165) is 10.9 Å². The van der Waals surface area contributed by atoms with Gasteiger partial charge in [0.25, 0.3) is 11.4 Å². The van der Waals surface area contributed by atoms with Gasteiger partial charge in [-0.05, 0) is 50.0 Å². The molecule has 3 unspecified atom stereocenters. The lowest BCUT2D eigenvalue weighted by Crippen LogP contribution is -2.69. The monoisotopic (exact) mass is 675 g/mol. The zero-order valence-corrected chi connectivity index (χ0v) is 28.2. The van der Waals surface area contributed by atoms with Gasteiger partial charge in [-0.15, -0.1) is 0 Å². The fourth-order valence-corrected chi connectivity index (χ4v) is 9.19. The first-order valence-electron chi connectivity index (χ1n) is 15.0. The Hall–Kier alpha value is -4.41. The molecule has 16 heteroatoms. The first-order valence-corrected chi connectivity index (χ1v) is 18.1. The van der Waals surface area contributed by atoms with Crippen LogP contribution in [0.25, 0.3) is 0 Å². The number of hydrogen-bond donors (Lipinski definition) is 1. The molecule has 0 spiro atoms. The van der Waals surface area contributed by atoms with Gasteiger partial charge in [-0.1, -0.05) is 45.0 Å². The summed E-state index contributed by atoms with van der Waals surface area (Å²) in [5.74, 6) is -2.88. The van der Waals surface area contributed by atoms with E-state index in [1.807, 2.05) is 0 Å². The van der Waals surface area contributed by atoms with Crippen LogP contribution in [0.2, 0.25) is 19.1 Å². The molecule has 15 nitrogen and oxygen atoms in total. The van der Waals surface area contributed by atoms with E-state index < -0.39 is 73.7 Å². The van der Waals surface area contributed by atoms with E-state index in [2.05, 4.69) is 33.9 Å². The van der Waals surface area contributed by atoms with E-state index in [9.17, 15) is 39.7 Å². The highest BCUT2D eigenvalue weighted by molar-refractivity contribution is 6.71. The van der Waals surface area contributed by atoms with Gasteiger partial charge in [0.15, 0.2) is 8.32 Å². The van der Waals surface area contributed by atoms with Gasteiger partial charge in [-0.2, -0.15) is 0 Å². The van der Waals surface area contributed by atoms with Crippen LogP contribution in [-0.4, -0.2) is 71.2 Å². The van der Waals surface area contributed by atoms with Gasteiger partial charge >= 0.3 is 12.1 Å². The molecule has 1 aliphatic heterocycles. The number of hydrogen-bond acceptors (Lipinski definition) is 12. The Balaban J connectivity index is 1.71. The Morgan fingerprint density at radius 2 is 1.47 bits per heavy atom. The molecular weight excluding hydrogens is 634 g/mol. The molecule has 1 heterocycles. The molecule has 1 aliphatic rings. The smallest absolute Gasteiger partial charge is 0.457 e. The maximum absolute atomic E-state index is 13.3. The van der Waals surface area contributed by atoms with Crippen LogP contribution in [0, 0.1) is 31.6 Å². The normalized spacial score (nSPS) is 17.7. The highest BCUT2D eigenvalue weighted by Gasteiger charge is 2.55. The standard InChI is InChI=1S/C31H41N3O12Si/c1-20(46-30(38)44-18-22-12-8-10-14-24(22)34(41)42)26-25(15-16-45-47(5,6)19-31(2,3)4)32(27(26)35)28(36)29(37)43-17-21-11-7-9-13-23(21)33(39)40/h7-14,20,25-26,28,36H,15-19H2,1-6H3/t20-,25?,26?,28?/m1/s1. The van der Waals surface area contributed by atoms with E-state index in [1.54, 1.807) is 6.07 Å². The molecule has 1 fully saturated rings. The number of benzene rings is 2. The van der Waals surface area contributed by atoms with E-state index >= 15 is 0 Å². The molecule has 4 atom stereocenters. The summed E-state index contributed by atoms with van der Waals surface area (Å²) < 4.78 is 21.8. The maximum atomic E-state index is 13.3. The third-order valence-corrected chi connectivity index (χ3v) is 10.4. The summed E-state index contributed by atoms with van der Waals surface area (Å²) in [5.41, 5.74) is -0.241. The van der Waals surface area contributed by atoms with Gasteiger partial charge in [0.1, 0.15) is 19.3 Å². The summed E-state index contributed by atoms with van der Waals surface area (Å²) in [7, 11) is -2.14. The number of amides is 1. The highest BCUT2D eigenvalue weighted by atomic mass is 28.4. The van der Waals surface area contributed by atoms with Crippen molar-refractivity contribution >= 4 is 37.7 Å². The molecule has 0 aromatic heterocycles. The number of para-hydroxylation sites is 2. The summed E-state index contributed by atoms with van der Waals surface area (Å²) in [6, 6.07) is 11.4. The zero-order valence-electron chi connectivity index (χ0n) is 27.2. The molecule has 2 aromatic rings. The molecule has 0 bridgehead atoms. The number of likely N-dealkylation sites (tertiary alicyclic amines) is 1. The second-order valence-corrected chi connectivity index (χ2v) is 17.2. The molecule has 47 heavy (non-hydrogen) atoms. The van der Waals surface area contributed by atoms with Gasteiger partial charge in [0.2, 0.25) is 12.1 Å². The molecule has 0 aliphatic carbocycles. The number of nitro groups is 2. The largest absolute Gasteiger partial charge is 0.508 e. The van der Waals surface area contributed by atoms with Crippen LogP contribution in [0.4, 0.5) is 16.2 Å². The topological polar surface area (TPSA) is 198 Å². The third kappa shape index (κ3) is 10.0. The van der Waals surface area contributed by atoms with Crippen molar-refractivity contribution in [2.24, 2.45) is 11.3 Å². The summed E-state index contributed by atoms with van der Waals surface area (Å²) >= 11 is 0. The minimum absolute atomic E-state index is 0.0212. The summed E-state index contributed by atoms with van der Waals surface area (Å²) in [6.45, 7) is 11.1. The summed E-state index contributed by atoms with van der Waals surface area (Å²) in [6.07, 6.45) is -4.09.